The molecule has 0 aliphatic carbocycles. The van der Waals surface area contributed by atoms with Crippen LogP contribution >= 0.6 is 0 Å². The minimum absolute atomic E-state index is 0.0962. The van der Waals surface area contributed by atoms with E-state index in [0.29, 0.717) is 30.4 Å². The van der Waals surface area contributed by atoms with Gasteiger partial charge in [-0.1, -0.05) is 6.92 Å². The molecule has 0 atom stereocenters. The first-order valence-electron chi connectivity index (χ1n) is 6.64. The number of halogens is 1. The largest absolute Gasteiger partial charge is 0.419 e. The summed E-state index contributed by atoms with van der Waals surface area (Å²) in [6.45, 7) is 4.10. The van der Waals surface area contributed by atoms with Crippen LogP contribution in [0.1, 0.15) is 19.2 Å². The molecule has 1 heterocycles. The van der Waals surface area contributed by atoms with Gasteiger partial charge in [-0.25, -0.2) is 4.39 Å². The predicted molar refractivity (Wildman–Crippen MR) is 72.3 cm³/mol. The maximum Gasteiger partial charge on any atom is 0.247 e. The van der Waals surface area contributed by atoms with Crippen molar-refractivity contribution in [1.29, 1.82) is 0 Å². The number of aliphatic hydroxyl groups excluding tert-OH is 1. The molecular formula is C14H18FN3O2. The number of benzene rings is 1. The second-order valence-corrected chi connectivity index (χ2v) is 4.51. The molecule has 0 fully saturated rings. The molecule has 20 heavy (non-hydrogen) atoms. The normalized spacial score (nSPS) is 11.2. The third-order valence-electron chi connectivity index (χ3n) is 2.87. The van der Waals surface area contributed by atoms with E-state index in [9.17, 15) is 4.39 Å². The fourth-order valence-corrected chi connectivity index (χ4v) is 1.95. The highest BCUT2D eigenvalue weighted by atomic mass is 19.1. The Kier molecular flexibility index (Phi) is 5.20. The van der Waals surface area contributed by atoms with Gasteiger partial charge in [-0.3, -0.25) is 4.90 Å². The van der Waals surface area contributed by atoms with Crippen molar-refractivity contribution in [2.45, 2.75) is 19.9 Å². The smallest absolute Gasteiger partial charge is 0.247 e. The Morgan fingerprint density at radius 1 is 1.20 bits per heavy atom. The third kappa shape index (κ3) is 3.85. The molecule has 0 saturated carbocycles. The summed E-state index contributed by atoms with van der Waals surface area (Å²) in [4.78, 5) is 2.04. The van der Waals surface area contributed by atoms with Crippen molar-refractivity contribution in [2.24, 2.45) is 0 Å². The van der Waals surface area contributed by atoms with Gasteiger partial charge >= 0.3 is 0 Å². The number of aliphatic hydroxyl groups is 1. The van der Waals surface area contributed by atoms with E-state index in [1.54, 1.807) is 12.1 Å². The molecular weight excluding hydrogens is 261 g/mol. The number of nitrogens with zero attached hydrogens (tertiary/aromatic N) is 3. The zero-order valence-electron chi connectivity index (χ0n) is 11.4. The van der Waals surface area contributed by atoms with Crippen molar-refractivity contribution in [3.63, 3.8) is 0 Å². The lowest BCUT2D eigenvalue weighted by Crippen LogP contribution is -2.27. The molecule has 0 bridgehead atoms. The SMILES string of the molecule is CCCN(CCO)Cc1nnc(-c2ccc(F)cc2)o1. The Labute approximate surface area is 117 Å². The molecule has 1 aromatic heterocycles. The first kappa shape index (κ1) is 14.6. The molecule has 5 nitrogen and oxygen atoms in total. The van der Waals surface area contributed by atoms with Crippen molar-refractivity contribution < 1.29 is 13.9 Å². The summed E-state index contributed by atoms with van der Waals surface area (Å²) < 4.78 is 18.4. The quantitative estimate of drug-likeness (QED) is 0.840. The Morgan fingerprint density at radius 2 is 1.95 bits per heavy atom. The summed E-state index contributed by atoms with van der Waals surface area (Å²) in [7, 11) is 0. The van der Waals surface area contributed by atoms with Gasteiger partial charge < -0.3 is 9.52 Å². The van der Waals surface area contributed by atoms with Gasteiger partial charge in [0.1, 0.15) is 5.82 Å². The molecule has 0 saturated heterocycles. The maximum absolute atomic E-state index is 12.9. The van der Waals surface area contributed by atoms with Crippen LogP contribution in [0.2, 0.25) is 0 Å². The number of hydrogen-bond donors (Lipinski definition) is 1. The second kappa shape index (κ2) is 7.12. The van der Waals surface area contributed by atoms with Gasteiger partial charge in [0.2, 0.25) is 11.8 Å². The van der Waals surface area contributed by atoms with Crippen molar-refractivity contribution in [2.75, 3.05) is 19.7 Å². The van der Waals surface area contributed by atoms with Gasteiger partial charge in [-0.05, 0) is 37.2 Å². The fourth-order valence-electron chi connectivity index (χ4n) is 1.95. The average Bonchev–Trinajstić information content (AvgIpc) is 2.89. The standard InChI is InChI=1S/C14H18FN3O2/c1-2-7-18(8-9-19)10-13-16-17-14(20-13)11-3-5-12(15)6-4-11/h3-6,19H,2,7-10H2,1H3. The Balaban J connectivity index is 2.06. The zero-order chi connectivity index (χ0) is 14.4. The Bertz CT molecular complexity index is 521. The molecule has 0 radical (unpaired) electrons. The average molecular weight is 279 g/mol. The molecule has 2 aromatic rings. The van der Waals surface area contributed by atoms with E-state index in [2.05, 4.69) is 17.1 Å². The van der Waals surface area contributed by atoms with Crippen LogP contribution in [-0.2, 0) is 6.54 Å². The first-order valence-corrected chi connectivity index (χ1v) is 6.64. The van der Waals surface area contributed by atoms with Crippen molar-refractivity contribution in [1.82, 2.24) is 15.1 Å². The van der Waals surface area contributed by atoms with Crippen LogP contribution in [0.25, 0.3) is 11.5 Å². The zero-order valence-corrected chi connectivity index (χ0v) is 11.4. The molecule has 0 spiro atoms. The molecule has 1 aromatic carbocycles. The van der Waals surface area contributed by atoms with E-state index in [1.165, 1.54) is 12.1 Å². The number of hydrogen-bond acceptors (Lipinski definition) is 5. The summed E-state index contributed by atoms with van der Waals surface area (Å²) in [6, 6.07) is 5.91. The molecule has 0 amide bonds. The van der Waals surface area contributed by atoms with E-state index < -0.39 is 0 Å². The van der Waals surface area contributed by atoms with E-state index in [4.69, 9.17) is 9.52 Å². The van der Waals surface area contributed by atoms with Crippen molar-refractivity contribution >= 4 is 0 Å². The van der Waals surface area contributed by atoms with Gasteiger partial charge in [0.25, 0.3) is 0 Å². The molecule has 0 aliphatic rings. The van der Waals surface area contributed by atoms with Crippen LogP contribution < -0.4 is 0 Å². The summed E-state index contributed by atoms with van der Waals surface area (Å²) in [5, 5.41) is 17.0. The molecule has 108 valence electrons. The van der Waals surface area contributed by atoms with Gasteiger partial charge in [-0.2, -0.15) is 0 Å². The van der Waals surface area contributed by atoms with Crippen molar-refractivity contribution in [3.05, 3.63) is 36.0 Å². The van der Waals surface area contributed by atoms with Crippen LogP contribution in [0, 0.1) is 5.82 Å². The molecule has 1 N–H and O–H groups in total. The van der Waals surface area contributed by atoms with Gasteiger partial charge in [0, 0.05) is 12.1 Å². The highest BCUT2D eigenvalue weighted by Crippen LogP contribution is 2.18. The first-order chi connectivity index (χ1) is 9.72. The van der Waals surface area contributed by atoms with E-state index in [0.717, 1.165) is 13.0 Å². The lowest BCUT2D eigenvalue weighted by molar-refractivity contribution is 0.179. The molecule has 0 aliphatic heterocycles. The van der Waals surface area contributed by atoms with Crippen LogP contribution in [-0.4, -0.2) is 39.9 Å². The Hall–Kier alpha value is -1.79. The topological polar surface area (TPSA) is 62.4 Å². The molecule has 6 heteroatoms. The van der Waals surface area contributed by atoms with Crippen LogP contribution in [0.4, 0.5) is 4.39 Å². The number of aromatic nitrogens is 2. The molecule has 0 unspecified atom stereocenters. The summed E-state index contributed by atoms with van der Waals surface area (Å²) >= 11 is 0. The van der Waals surface area contributed by atoms with Gasteiger partial charge in [0.05, 0.1) is 13.2 Å². The van der Waals surface area contributed by atoms with Crippen LogP contribution in [0.3, 0.4) is 0 Å². The van der Waals surface area contributed by atoms with Gasteiger partial charge in [-0.15, -0.1) is 10.2 Å². The van der Waals surface area contributed by atoms with Crippen LogP contribution in [0.15, 0.2) is 28.7 Å². The summed E-state index contributed by atoms with van der Waals surface area (Å²) in [5.41, 5.74) is 0.689. The third-order valence-corrected chi connectivity index (χ3v) is 2.87. The van der Waals surface area contributed by atoms with Crippen molar-refractivity contribution in [3.8, 4) is 11.5 Å². The van der Waals surface area contributed by atoms with Gasteiger partial charge in [0.15, 0.2) is 0 Å². The predicted octanol–water partition coefficient (Wildman–Crippen LogP) is 2.08. The second-order valence-electron chi connectivity index (χ2n) is 4.51. The van der Waals surface area contributed by atoms with E-state index in [-0.39, 0.29) is 12.4 Å². The minimum Gasteiger partial charge on any atom is -0.419 e. The highest BCUT2D eigenvalue weighted by Gasteiger charge is 2.12. The number of rotatable bonds is 7. The summed E-state index contributed by atoms with van der Waals surface area (Å²) in [5.74, 6) is 0.567. The highest BCUT2D eigenvalue weighted by molar-refractivity contribution is 5.51. The summed E-state index contributed by atoms with van der Waals surface area (Å²) in [6.07, 6.45) is 0.985. The van der Waals surface area contributed by atoms with E-state index >= 15 is 0 Å². The monoisotopic (exact) mass is 279 g/mol. The van der Waals surface area contributed by atoms with E-state index in [1.807, 2.05) is 4.90 Å². The van der Waals surface area contributed by atoms with Crippen LogP contribution in [0.5, 0.6) is 0 Å². The lowest BCUT2D eigenvalue weighted by Gasteiger charge is -2.17. The minimum atomic E-state index is -0.300. The molecule has 2 rings (SSSR count). The maximum atomic E-state index is 12.9. The Morgan fingerprint density at radius 3 is 2.60 bits per heavy atom. The lowest BCUT2D eigenvalue weighted by atomic mass is 10.2. The fraction of sp³-hybridized carbons (Fsp3) is 0.429.